The van der Waals surface area contributed by atoms with E-state index in [2.05, 4.69) is 97.1 Å². The molecule has 0 fully saturated rings. The summed E-state index contributed by atoms with van der Waals surface area (Å²) in [5.74, 6) is 0.702. The molecule has 200 valence electrons. The molecular weight excluding hydrogens is 524 g/mol. The van der Waals surface area contributed by atoms with Crippen LogP contribution in [0, 0.1) is 0 Å². The van der Waals surface area contributed by atoms with Crippen LogP contribution in [0.25, 0.3) is 88.2 Å². The number of hydrogen-bond acceptors (Lipinski definition) is 3. The third kappa shape index (κ3) is 3.75. The van der Waals surface area contributed by atoms with Gasteiger partial charge in [0.15, 0.2) is 5.82 Å². The smallest absolute Gasteiger partial charge is 0.160 e. The SMILES string of the molecule is c1ccc(-c2cc(-c3ccccc3)nc(-c3ccc4c(c3)c3ccccc3c3ccc5c6ccccc6oc5c34)n2)cc1. The molecule has 3 nitrogen and oxygen atoms in total. The normalized spacial score (nSPS) is 11.7. The van der Waals surface area contributed by atoms with Crippen molar-refractivity contribution in [1.29, 1.82) is 0 Å². The van der Waals surface area contributed by atoms with E-state index in [0.717, 1.165) is 66.2 Å². The first-order valence-corrected chi connectivity index (χ1v) is 14.5. The van der Waals surface area contributed by atoms with E-state index in [0.29, 0.717) is 5.82 Å². The van der Waals surface area contributed by atoms with Crippen molar-refractivity contribution in [3.63, 3.8) is 0 Å². The Labute approximate surface area is 247 Å². The second-order valence-electron chi connectivity index (χ2n) is 11.0. The summed E-state index contributed by atoms with van der Waals surface area (Å²) in [6.45, 7) is 0. The minimum Gasteiger partial charge on any atom is -0.455 e. The van der Waals surface area contributed by atoms with Gasteiger partial charge < -0.3 is 4.42 Å². The van der Waals surface area contributed by atoms with Crippen LogP contribution in [0.3, 0.4) is 0 Å². The maximum Gasteiger partial charge on any atom is 0.160 e. The summed E-state index contributed by atoms with van der Waals surface area (Å²) in [6, 6.07) is 50.7. The van der Waals surface area contributed by atoms with Gasteiger partial charge in [-0.25, -0.2) is 9.97 Å². The lowest BCUT2D eigenvalue weighted by atomic mass is 9.92. The highest BCUT2D eigenvalue weighted by atomic mass is 16.3. The predicted octanol–water partition coefficient (Wildman–Crippen LogP) is 10.8. The third-order valence-electron chi connectivity index (χ3n) is 8.47. The van der Waals surface area contributed by atoms with Gasteiger partial charge in [0.05, 0.1) is 11.4 Å². The fraction of sp³-hybridized carbons (Fsp3) is 0. The minimum atomic E-state index is 0.702. The monoisotopic (exact) mass is 548 g/mol. The van der Waals surface area contributed by atoms with Gasteiger partial charge in [0.25, 0.3) is 0 Å². The van der Waals surface area contributed by atoms with Crippen LogP contribution in [-0.2, 0) is 0 Å². The molecule has 9 rings (SSSR count). The maximum atomic E-state index is 6.54. The van der Waals surface area contributed by atoms with E-state index in [1.807, 2.05) is 48.5 Å². The second-order valence-corrected chi connectivity index (χ2v) is 11.0. The van der Waals surface area contributed by atoms with Gasteiger partial charge in [0, 0.05) is 32.8 Å². The molecule has 43 heavy (non-hydrogen) atoms. The fourth-order valence-corrected chi connectivity index (χ4v) is 6.45. The molecule has 0 aliphatic rings. The van der Waals surface area contributed by atoms with Crippen LogP contribution in [0.1, 0.15) is 0 Å². The summed E-state index contributed by atoms with van der Waals surface area (Å²) in [4.78, 5) is 10.2. The lowest BCUT2D eigenvalue weighted by molar-refractivity contribution is 0.673. The number of rotatable bonds is 3. The zero-order valence-electron chi connectivity index (χ0n) is 23.2. The molecule has 2 heterocycles. The average molecular weight is 549 g/mol. The Kier molecular flexibility index (Phi) is 5.20. The molecule has 0 unspecified atom stereocenters. The molecule has 0 aliphatic heterocycles. The van der Waals surface area contributed by atoms with Crippen molar-refractivity contribution in [2.24, 2.45) is 0 Å². The Balaban J connectivity index is 1.35. The van der Waals surface area contributed by atoms with E-state index >= 15 is 0 Å². The number of furan rings is 1. The first kappa shape index (κ1) is 23.9. The highest BCUT2D eigenvalue weighted by Gasteiger charge is 2.17. The first-order valence-electron chi connectivity index (χ1n) is 14.5. The largest absolute Gasteiger partial charge is 0.455 e. The number of para-hydroxylation sites is 1. The molecule has 0 N–H and O–H groups in total. The average Bonchev–Trinajstić information content (AvgIpc) is 3.47. The molecule has 0 amide bonds. The predicted molar refractivity (Wildman–Crippen MR) is 178 cm³/mol. The van der Waals surface area contributed by atoms with Crippen molar-refractivity contribution >= 4 is 54.3 Å². The number of fused-ring (bicyclic) bond motifs is 10. The molecule has 3 heteroatoms. The quantitative estimate of drug-likeness (QED) is 0.206. The Hall–Kier alpha value is -5.80. The van der Waals surface area contributed by atoms with Gasteiger partial charge in [0.1, 0.15) is 11.2 Å². The summed E-state index contributed by atoms with van der Waals surface area (Å²) < 4.78 is 6.54. The van der Waals surface area contributed by atoms with Crippen LogP contribution < -0.4 is 0 Å². The highest BCUT2D eigenvalue weighted by molar-refractivity contribution is 6.32. The van der Waals surface area contributed by atoms with Crippen LogP contribution in [0.4, 0.5) is 0 Å². The van der Waals surface area contributed by atoms with Gasteiger partial charge in [0.2, 0.25) is 0 Å². The minimum absolute atomic E-state index is 0.702. The first-order chi connectivity index (χ1) is 21.3. The van der Waals surface area contributed by atoms with Crippen LogP contribution in [0.2, 0.25) is 0 Å². The summed E-state index contributed by atoms with van der Waals surface area (Å²) >= 11 is 0. The maximum absolute atomic E-state index is 6.54. The van der Waals surface area contributed by atoms with Crippen molar-refractivity contribution in [2.45, 2.75) is 0 Å². The molecule has 0 bridgehead atoms. The molecule has 0 radical (unpaired) electrons. The van der Waals surface area contributed by atoms with Crippen molar-refractivity contribution in [3.8, 4) is 33.9 Å². The second kappa shape index (κ2) is 9.37. The Morgan fingerprint density at radius 3 is 1.60 bits per heavy atom. The lowest BCUT2D eigenvalue weighted by Crippen LogP contribution is -1.96. The molecule has 2 aromatic heterocycles. The molecule has 0 saturated carbocycles. The molecule has 0 saturated heterocycles. The van der Waals surface area contributed by atoms with Crippen LogP contribution in [0.15, 0.2) is 150 Å². The van der Waals surface area contributed by atoms with Gasteiger partial charge in [-0.3, -0.25) is 0 Å². The van der Waals surface area contributed by atoms with Crippen LogP contribution >= 0.6 is 0 Å². The van der Waals surface area contributed by atoms with Gasteiger partial charge >= 0.3 is 0 Å². The Morgan fingerprint density at radius 2 is 0.907 bits per heavy atom. The lowest BCUT2D eigenvalue weighted by Gasteiger charge is -2.13. The van der Waals surface area contributed by atoms with Crippen LogP contribution in [-0.4, -0.2) is 9.97 Å². The summed E-state index contributed by atoms with van der Waals surface area (Å²) in [7, 11) is 0. The van der Waals surface area contributed by atoms with Crippen molar-refractivity contribution in [2.75, 3.05) is 0 Å². The number of benzene rings is 7. The number of nitrogens with zero attached hydrogens (tertiary/aromatic N) is 2. The van der Waals surface area contributed by atoms with Gasteiger partial charge in [-0.1, -0.05) is 121 Å². The summed E-state index contributed by atoms with van der Waals surface area (Å²) in [5.41, 5.74) is 6.73. The van der Waals surface area contributed by atoms with Crippen molar-refractivity contribution < 1.29 is 4.42 Å². The number of hydrogen-bond donors (Lipinski definition) is 0. The van der Waals surface area contributed by atoms with Gasteiger partial charge in [-0.2, -0.15) is 0 Å². The molecular formula is C40H24N2O. The van der Waals surface area contributed by atoms with Crippen molar-refractivity contribution in [3.05, 3.63) is 146 Å². The molecule has 9 aromatic rings. The van der Waals surface area contributed by atoms with Crippen LogP contribution in [0.5, 0.6) is 0 Å². The third-order valence-corrected chi connectivity index (χ3v) is 8.47. The molecule has 7 aromatic carbocycles. The van der Waals surface area contributed by atoms with E-state index in [1.54, 1.807) is 0 Å². The molecule has 0 atom stereocenters. The fourth-order valence-electron chi connectivity index (χ4n) is 6.45. The van der Waals surface area contributed by atoms with Crippen molar-refractivity contribution in [1.82, 2.24) is 9.97 Å². The number of aromatic nitrogens is 2. The summed E-state index contributed by atoms with van der Waals surface area (Å²) in [6.07, 6.45) is 0. The Morgan fingerprint density at radius 1 is 0.372 bits per heavy atom. The van der Waals surface area contributed by atoms with E-state index in [-0.39, 0.29) is 0 Å². The molecule has 0 spiro atoms. The molecule has 0 aliphatic carbocycles. The topological polar surface area (TPSA) is 38.9 Å². The van der Waals surface area contributed by atoms with Gasteiger partial charge in [-0.05, 0) is 51.2 Å². The van der Waals surface area contributed by atoms with E-state index in [4.69, 9.17) is 14.4 Å². The standard InChI is InChI=1S/C40H24N2O/c1-3-11-25(12-4-1)35-24-36(26-13-5-2-6-14-26)42-40(41-35)27-19-20-32-34(23-27)29-16-8-7-15-28(29)31-21-22-33-30-17-9-10-18-37(30)43-39(33)38(31)32/h1-24H. The highest BCUT2D eigenvalue weighted by Crippen LogP contribution is 2.42. The van der Waals surface area contributed by atoms with Gasteiger partial charge in [-0.15, -0.1) is 0 Å². The Bertz CT molecular complexity index is 2440. The van der Waals surface area contributed by atoms with E-state index in [9.17, 15) is 0 Å². The summed E-state index contributed by atoms with van der Waals surface area (Å²) in [5, 5.41) is 9.31. The zero-order valence-corrected chi connectivity index (χ0v) is 23.2. The van der Waals surface area contributed by atoms with E-state index in [1.165, 1.54) is 16.2 Å². The van der Waals surface area contributed by atoms with E-state index < -0.39 is 0 Å². The zero-order chi connectivity index (χ0) is 28.3.